The monoisotopic (exact) mass is 421 g/mol. The number of fused-ring (bicyclic) bond motifs is 1. The number of likely N-dealkylation sites (N-methyl/N-ethyl adjacent to an activating group) is 1. The summed E-state index contributed by atoms with van der Waals surface area (Å²) in [6.07, 6.45) is 0.843. The van der Waals surface area contributed by atoms with Crippen molar-refractivity contribution in [2.75, 3.05) is 39.3 Å². The molecule has 0 unspecified atom stereocenters. The van der Waals surface area contributed by atoms with E-state index in [1.165, 1.54) is 0 Å². The van der Waals surface area contributed by atoms with Crippen molar-refractivity contribution in [3.8, 4) is 0 Å². The minimum atomic E-state index is -0.0744. The number of nitrogens with zero attached hydrogens (tertiary/aromatic N) is 2. The molecule has 1 aliphatic rings. The number of hydrogen-bond donors (Lipinski definition) is 1. The number of rotatable bonds is 4. The normalized spacial score (nSPS) is 15.9. The Morgan fingerprint density at radius 1 is 1.23 bits per heavy atom. The predicted molar refractivity (Wildman–Crippen MR) is 104 cm³/mol. The van der Waals surface area contributed by atoms with Gasteiger partial charge in [-0.3, -0.25) is 14.5 Å². The van der Waals surface area contributed by atoms with E-state index in [-0.39, 0.29) is 11.8 Å². The highest BCUT2D eigenvalue weighted by Gasteiger charge is 2.26. The van der Waals surface area contributed by atoms with Gasteiger partial charge in [0.05, 0.1) is 6.54 Å². The fourth-order valence-corrected chi connectivity index (χ4v) is 3.69. The first-order valence-corrected chi connectivity index (χ1v) is 9.76. The largest absolute Gasteiger partial charge is 0.451 e. The SMILES string of the molecule is CCNC(=O)CN1CCCN(C(=O)c2oc3ccc(Br)cc3c2C)CC1. The van der Waals surface area contributed by atoms with Crippen LogP contribution in [0.3, 0.4) is 0 Å². The number of carbonyl (C=O) groups excluding carboxylic acids is 2. The van der Waals surface area contributed by atoms with Gasteiger partial charge < -0.3 is 14.6 Å². The second-order valence-electron chi connectivity index (χ2n) is 6.57. The Kier molecular flexibility index (Phi) is 5.98. The molecule has 1 saturated heterocycles. The molecule has 1 aliphatic heterocycles. The van der Waals surface area contributed by atoms with E-state index in [4.69, 9.17) is 4.42 Å². The second kappa shape index (κ2) is 8.22. The van der Waals surface area contributed by atoms with Gasteiger partial charge in [0.2, 0.25) is 5.91 Å². The van der Waals surface area contributed by atoms with Gasteiger partial charge in [0.25, 0.3) is 5.91 Å². The summed E-state index contributed by atoms with van der Waals surface area (Å²) < 4.78 is 6.80. The second-order valence-corrected chi connectivity index (χ2v) is 7.49. The first-order valence-electron chi connectivity index (χ1n) is 8.96. The number of amides is 2. The van der Waals surface area contributed by atoms with Crippen molar-refractivity contribution in [1.82, 2.24) is 15.1 Å². The smallest absolute Gasteiger partial charge is 0.289 e. The van der Waals surface area contributed by atoms with Gasteiger partial charge in [0.15, 0.2) is 5.76 Å². The van der Waals surface area contributed by atoms with Crippen LogP contribution in [0, 0.1) is 6.92 Å². The average Bonchev–Trinajstić information content (AvgIpc) is 2.79. The van der Waals surface area contributed by atoms with Crippen LogP contribution in [0.4, 0.5) is 0 Å². The molecule has 6 nitrogen and oxygen atoms in total. The van der Waals surface area contributed by atoms with Crippen molar-refractivity contribution in [2.24, 2.45) is 0 Å². The van der Waals surface area contributed by atoms with E-state index in [1.54, 1.807) is 0 Å². The Morgan fingerprint density at radius 3 is 2.81 bits per heavy atom. The molecule has 2 aromatic rings. The quantitative estimate of drug-likeness (QED) is 0.823. The van der Waals surface area contributed by atoms with Gasteiger partial charge >= 0.3 is 0 Å². The highest BCUT2D eigenvalue weighted by Crippen LogP contribution is 2.29. The van der Waals surface area contributed by atoms with Crippen molar-refractivity contribution in [2.45, 2.75) is 20.3 Å². The lowest BCUT2D eigenvalue weighted by Gasteiger charge is -2.21. The van der Waals surface area contributed by atoms with E-state index in [1.807, 2.05) is 36.9 Å². The summed E-state index contributed by atoms with van der Waals surface area (Å²) >= 11 is 3.46. The van der Waals surface area contributed by atoms with E-state index >= 15 is 0 Å². The lowest BCUT2D eigenvalue weighted by Crippen LogP contribution is -2.40. The summed E-state index contributed by atoms with van der Waals surface area (Å²) in [6, 6.07) is 5.76. The topological polar surface area (TPSA) is 65.8 Å². The maximum absolute atomic E-state index is 13.0. The Bertz CT molecular complexity index is 818. The summed E-state index contributed by atoms with van der Waals surface area (Å²) in [5.74, 6) is 0.371. The van der Waals surface area contributed by atoms with Crippen molar-refractivity contribution in [3.63, 3.8) is 0 Å². The molecule has 1 aromatic carbocycles. The van der Waals surface area contributed by atoms with Crippen molar-refractivity contribution >= 4 is 38.7 Å². The lowest BCUT2D eigenvalue weighted by molar-refractivity contribution is -0.122. The van der Waals surface area contributed by atoms with Crippen molar-refractivity contribution in [3.05, 3.63) is 34.0 Å². The third kappa shape index (κ3) is 4.10. The number of furan rings is 1. The van der Waals surface area contributed by atoms with E-state index in [0.29, 0.717) is 38.5 Å². The highest BCUT2D eigenvalue weighted by atomic mass is 79.9. The zero-order valence-electron chi connectivity index (χ0n) is 15.2. The zero-order chi connectivity index (χ0) is 18.7. The fourth-order valence-electron chi connectivity index (χ4n) is 3.33. The molecule has 3 rings (SSSR count). The summed E-state index contributed by atoms with van der Waals surface area (Å²) in [5.41, 5.74) is 1.59. The third-order valence-corrected chi connectivity index (χ3v) is 5.20. The first-order chi connectivity index (χ1) is 12.5. The molecular weight excluding hydrogens is 398 g/mol. The van der Waals surface area contributed by atoms with Gasteiger partial charge in [-0.05, 0) is 38.5 Å². The molecule has 1 fully saturated rings. The number of hydrogen-bond acceptors (Lipinski definition) is 4. The molecular formula is C19H24BrN3O3. The Balaban J connectivity index is 1.70. The minimum Gasteiger partial charge on any atom is -0.451 e. The molecule has 140 valence electrons. The van der Waals surface area contributed by atoms with Crippen LogP contribution < -0.4 is 5.32 Å². The summed E-state index contributed by atoms with van der Waals surface area (Å²) in [4.78, 5) is 28.7. The van der Waals surface area contributed by atoms with Gasteiger partial charge in [0.1, 0.15) is 5.58 Å². The molecule has 1 aromatic heterocycles. The minimum absolute atomic E-state index is 0.0333. The Labute approximate surface area is 161 Å². The Morgan fingerprint density at radius 2 is 2.04 bits per heavy atom. The van der Waals surface area contributed by atoms with Crippen molar-refractivity contribution in [1.29, 1.82) is 0 Å². The lowest BCUT2D eigenvalue weighted by atomic mass is 10.1. The van der Waals surface area contributed by atoms with Crippen LogP contribution in [0.2, 0.25) is 0 Å². The molecule has 0 bridgehead atoms. The first kappa shape index (κ1) is 18.9. The maximum atomic E-state index is 13.0. The maximum Gasteiger partial charge on any atom is 0.289 e. The van der Waals surface area contributed by atoms with Gasteiger partial charge in [-0.2, -0.15) is 0 Å². The van der Waals surface area contributed by atoms with Crippen molar-refractivity contribution < 1.29 is 14.0 Å². The van der Waals surface area contributed by atoms with Gasteiger partial charge in [0, 0.05) is 48.1 Å². The van der Waals surface area contributed by atoms with E-state index < -0.39 is 0 Å². The molecule has 0 saturated carbocycles. The van der Waals surface area contributed by atoms with Crippen LogP contribution in [0.1, 0.15) is 29.5 Å². The fraction of sp³-hybridized carbons (Fsp3) is 0.474. The Hall–Kier alpha value is -1.86. The third-order valence-electron chi connectivity index (χ3n) is 4.71. The van der Waals surface area contributed by atoms with Gasteiger partial charge in [-0.25, -0.2) is 0 Å². The van der Waals surface area contributed by atoms with Crippen LogP contribution in [0.25, 0.3) is 11.0 Å². The number of benzene rings is 1. The number of nitrogens with one attached hydrogen (secondary N) is 1. The molecule has 7 heteroatoms. The molecule has 0 aliphatic carbocycles. The highest BCUT2D eigenvalue weighted by molar-refractivity contribution is 9.10. The molecule has 0 radical (unpaired) electrons. The summed E-state index contributed by atoms with van der Waals surface area (Å²) in [6.45, 7) is 7.62. The molecule has 1 N–H and O–H groups in total. The van der Waals surface area contributed by atoms with E-state index in [2.05, 4.69) is 26.1 Å². The van der Waals surface area contributed by atoms with Crippen LogP contribution in [-0.2, 0) is 4.79 Å². The average molecular weight is 422 g/mol. The van der Waals surface area contributed by atoms with E-state index in [0.717, 1.165) is 34.0 Å². The number of aryl methyl sites for hydroxylation is 1. The van der Waals surface area contributed by atoms with Crippen LogP contribution in [0.15, 0.2) is 27.1 Å². The van der Waals surface area contributed by atoms with Crippen LogP contribution >= 0.6 is 15.9 Å². The van der Waals surface area contributed by atoms with Gasteiger partial charge in [-0.15, -0.1) is 0 Å². The number of halogens is 1. The molecule has 2 heterocycles. The molecule has 0 atom stereocenters. The summed E-state index contributed by atoms with van der Waals surface area (Å²) in [5, 5.41) is 3.77. The molecule has 0 spiro atoms. The zero-order valence-corrected chi connectivity index (χ0v) is 16.8. The molecule has 2 amide bonds. The predicted octanol–water partition coefficient (Wildman–Crippen LogP) is 2.79. The standard InChI is InChI=1S/C19H24BrN3O3/c1-3-21-17(24)12-22-7-4-8-23(10-9-22)19(25)18-13(2)15-11-14(20)5-6-16(15)26-18/h5-6,11H,3-4,7-10,12H2,1-2H3,(H,21,24). The van der Waals surface area contributed by atoms with Gasteiger partial charge in [-0.1, -0.05) is 15.9 Å². The van der Waals surface area contributed by atoms with Crippen LogP contribution in [-0.4, -0.2) is 60.9 Å². The molecule has 26 heavy (non-hydrogen) atoms. The van der Waals surface area contributed by atoms with Crippen LogP contribution in [0.5, 0.6) is 0 Å². The van der Waals surface area contributed by atoms with E-state index in [9.17, 15) is 9.59 Å². The summed E-state index contributed by atoms with van der Waals surface area (Å²) in [7, 11) is 0. The number of carbonyl (C=O) groups is 2.